The zero-order valence-corrected chi connectivity index (χ0v) is 16.0. The van der Waals surface area contributed by atoms with Gasteiger partial charge in [-0.15, -0.1) is 0 Å². The van der Waals surface area contributed by atoms with Crippen molar-refractivity contribution in [1.29, 1.82) is 0 Å². The third-order valence-corrected chi connectivity index (χ3v) is 4.80. The van der Waals surface area contributed by atoms with Crippen molar-refractivity contribution in [3.8, 4) is 0 Å². The molecular formula is C19H26N6O. The standard InChI is InChI=1S/C19H26N6O/c1-10(2)14-9-16(25-15(20-14)8-12(5)23-25)21-17(11(3)4)19-22-18(24-26-19)13-6-7-13/h8-11,13,17,21H,6-7H2,1-5H3/t17-/m0/s1. The lowest BCUT2D eigenvalue weighted by atomic mass is 10.0. The van der Waals surface area contributed by atoms with E-state index >= 15 is 0 Å². The van der Waals surface area contributed by atoms with E-state index in [0.717, 1.165) is 41.5 Å². The molecule has 0 bridgehead atoms. The zero-order valence-electron chi connectivity index (χ0n) is 16.0. The SMILES string of the molecule is Cc1cc2nc(C(C)C)cc(N[C@H](c3nc(C4CC4)no3)C(C)C)n2n1. The van der Waals surface area contributed by atoms with Crippen LogP contribution in [0.25, 0.3) is 5.65 Å². The number of hydrogen-bond donors (Lipinski definition) is 1. The van der Waals surface area contributed by atoms with Gasteiger partial charge in [0.15, 0.2) is 11.5 Å². The summed E-state index contributed by atoms with van der Waals surface area (Å²) in [5, 5.41) is 12.3. The molecule has 1 aliphatic carbocycles. The summed E-state index contributed by atoms with van der Waals surface area (Å²) >= 11 is 0. The maximum Gasteiger partial charge on any atom is 0.249 e. The fourth-order valence-corrected chi connectivity index (χ4v) is 3.06. The lowest BCUT2D eigenvalue weighted by Crippen LogP contribution is -2.20. The first-order chi connectivity index (χ1) is 12.4. The molecule has 26 heavy (non-hydrogen) atoms. The van der Waals surface area contributed by atoms with Crippen LogP contribution in [0, 0.1) is 12.8 Å². The van der Waals surface area contributed by atoms with Gasteiger partial charge in [0.05, 0.1) is 5.69 Å². The highest BCUT2D eigenvalue weighted by atomic mass is 16.5. The summed E-state index contributed by atoms with van der Waals surface area (Å²) in [4.78, 5) is 9.37. The van der Waals surface area contributed by atoms with E-state index in [-0.39, 0.29) is 12.0 Å². The van der Waals surface area contributed by atoms with Crippen molar-refractivity contribution in [1.82, 2.24) is 24.7 Å². The average Bonchev–Trinajstić information content (AvgIpc) is 3.19. The van der Waals surface area contributed by atoms with Gasteiger partial charge in [-0.3, -0.25) is 0 Å². The molecule has 7 nitrogen and oxygen atoms in total. The van der Waals surface area contributed by atoms with E-state index in [4.69, 9.17) is 9.51 Å². The van der Waals surface area contributed by atoms with Crippen molar-refractivity contribution in [2.75, 3.05) is 5.32 Å². The van der Waals surface area contributed by atoms with Crippen molar-refractivity contribution in [3.63, 3.8) is 0 Å². The van der Waals surface area contributed by atoms with Crippen molar-refractivity contribution >= 4 is 11.5 Å². The minimum absolute atomic E-state index is 0.0786. The van der Waals surface area contributed by atoms with Crippen LogP contribution in [0.4, 0.5) is 5.82 Å². The Morgan fingerprint density at radius 3 is 2.58 bits per heavy atom. The van der Waals surface area contributed by atoms with Crippen molar-refractivity contribution in [2.24, 2.45) is 5.92 Å². The second-order valence-electron chi connectivity index (χ2n) is 7.91. The van der Waals surface area contributed by atoms with Crippen LogP contribution in [-0.4, -0.2) is 24.7 Å². The zero-order chi connectivity index (χ0) is 18.4. The summed E-state index contributed by atoms with van der Waals surface area (Å²) in [7, 11) is 0. The summed E-state index contributed by atoms with van der Waals surface area (Å²) < 4.78 is 7.44. The number of hydrogen-bond acceptors (Lipinski definition) is 6. The minimum atomic E-state index is -0.0786. The second kappa shape index (κ2) is 6.37. The van der Waals surface area contributed by atoms with Gasteiger partial charge in [0.25, 0.3) is 0 Å². The smallest absolute Gasteiger partial charge is 0.249 e. The molecule has 1 saturated carbocycles. The molecule has 1 atom stereocenters. The number of aromatic nitrogens is 5. The van der Waals surface area contributed by atoms with Crippen LogP contribution in [0.3, 0.4) is 0 Å². The van der Waals surface area contributed by atoms with Gasteiger partial charge < -0.3 is 9.84 Å². The molecule has 4 rings (SSSR count). The lowest BCUT2D eigenvalue weighted by Gasteiger charge is -2.21. The maximum absolute atomic E-state index is 5.59. The number of nitrogens with zero attached hydrogens (tertiary/aromatic N) is 5. The highest BCUT2D eigenvalue weighted by Crippen LogP contribution is 2.39. The molecule has 0 radical (unpaired) electrons. The van der Waals surface area contributed by atoms with E-state index in [0.29, 0.717) is 17.7 Å². The molecule has 3 aromatic heterocycles. The topological polar surface area (TPSA) is 81.1 Å². The minimum Gasteiger partial charge on any atom is -0.358 e. The second-order valence-corrected chi connectivity index (χ2v) is 7.91. The summed E-state index contributed by atoms with van der Waals surface area (Å²) in [6, 6.07) is 3.99. The number of aryl methyl sites for hydroxylation is 1. The Bertz CT molecular complexity index is 921. The molecule has 0 aliphatic heterocycles. The molecule has 0 saturated heterocycles. The van der Waals surface area contributed by atoms with E-state index in [2.05, 4.69) is 54.3 Å². The quantitative estimate of drug-likeness (QED) is 0.713. The van der Waals surface area contributed by atoms with Crippen LogP contribution < -0.4 is 5.32 Å². The van der Waals surface area contributed by atoms with E-state index in [1.807, 2.05) is 17.5 Å². The third kappa shape index (κ3) is 3.18. The maximum atomic E-state index is 5.59. The molecule has 3 heterocycles. The normalized spacial score (nSPS) is 16.0. The van der Waals surface area contributed by atoms with Gasteiger partial charge in [-0.05, 0) is 31.6 Å². The number of anilines is 1. The molecule has 0 unspecified atom stereocenters. The molecule has 0 amide bonds. The Balaban J connectivity index is 1.72. The molecular weight excluding hydrogens is 328 g/mol. The first kappa shape index (κ1) is 17.0. The van der Waals surface area contributed by atoms with E-state index < -0.39 is 0 Å². The lowest BCUT2D eigenvalue weighted by molar-refractivity contribution is 0.332. The van der Waals surface area contributed by atoms with Crippen LogP contribution in [0.2, 0.25) is 0 Å². The first-order valence-electron chi connectivity index (χ1n) is 9.39. The molecule has 7 heteroatoms. The van der Waals surface area contributed by atoms with E-state index in [1.165, 1.54) is 0 Å². The molecule has 3 aromatic rings. The Kier molecular flexibility index (Phi) is 4.17. The molecule has 1 N–H and O–H groups in total. The molecule has 138 valence electrons. The summed E-state index contributed by atoms with van der Waals surface area (Å²) in [6.07, 6.45) is 2.32. The van der Waals surface area contributed by atoms with Gasteiger partial charge in [-0.1, -0.05) is 32.9 Å². The van der Waals surface area contributed by atoms with Gasteiger partial charge in [0.1, 0.15) is 11.9 Å². The fraction of sp³-hybridized carbons (Fsp3) is 0.579. The third-order valence-electron chi connectivity index (χ3n) is 4.80. The summed E-state index contributed by atoms with van der Waals surface area (Å²) in [6.45, 7) is 10.6. The monoisotopic (exact) mass is 354 g/mol. The van der Waals surface area contributed by atoms with E-state index in [1.54, 1.807) is 0 Å². The first-order valence-corrected chi connectivity index (χ1v) is 9.39. The van der Waals surface area contributed by atoms with Gasteiger partial charge >= 0.3 is 0 Å². The largest absolute Gasteiger partial charge is 0.358 e. The number of rotatable bonds is 6. The molecule has 0 aromatic carbocycles. The molecule has 1 fully saturated rings. The number of nitrogens with one attached hydrogen (secondary N) is 1. The van der Waals surface area contributed by atoms with Crippen LogP contribution >= 0.6 is 0 Å². The predicted octanol–water partition coefficient (Wildman–Crippen LogP) is 4.23. The Hall–Kier alpha value is -2.44. The van der Waals surface area contributed by atoms with Crippen LogP contribution in [0.15, 0.2) is 16.7 Å². The van der Waals surface area contributed by atoms with Crippen molar-refractivity contribution in [2.45, 2.75) is 65.3 Å². The predicted molar refractivity (Wildman–Crippen MR) is 99.3 cm³/mol. The van der Waals surface area contributed by atoms with Gasteiger partial charge in [0, 0.05) is 23.7 Å². The number of fused-ring (bicyclic) bond motifs is 1. The van der Waals surface area contributed by atoms with Gasteiger partial charge in [-0.2, -0.15) is 14.6 Å². The Morgan fingerprint density at radius 2 is 1.92 bits per heavy atom. The van der Waals surface area contributed by atoms with Gasteiger partial charge in [0.2, 0.25) is 5.89 Å². The Morgan fingerprint density at radius 1 is 1.15 bits per heavy atom. The van der Waals surface area contributed by atoms with Crippen molar-refractivity contribution < 1.29 is 4.52 Å². The highest BCUT2D eigenvalue weighted by molar-refractivity contribution is 5.51. The molecule has 0 spiro atoms. The molecule has 1 aliphatic rings. The van der Waals surface area contributed by atoms with Crippen molar-refractivity contribution in [3.05, 3.63) is 35.2 Å². The highest BCUT2D eigenvalue weighted by Gasteiger charge is 2.31. The average molecular weight is 354 g/mol. The van der Waals surface area contributed by atoms with Gasteiger partial charge in [-0.25, -0.2) is 4.98 Å². The van der Waals surface area contributed by atoms with Crippen LogP contribution in [0.1, 0.15) is 81.5 Å². The van der Waals surface area contributed by atoms with E-state index in [9.17, 15) is 0 Å². The summed E-state index contributed by atoms with van der Waals surface area (Å²) in [5.41, 5.74) is 2.82. The summed E-state index contributed by atoms with van der Waals surface area (Å²) in [5.74, 6) is 3.47. The fourth-order valence-electron chi connectivity index (χ4n) is 3.06. The van der Waals surface area contributed by atoms with Crippen LogP contribution in [0.5, 0.6) is 0 Å². The Labute approximate surface area is 153 Å². The van der Waals surface area contributed by atoms with Crippen LogP contribution in [-0.2, 0) is 0 Å².